The number of hydrogen-bond donors (Lipinski definition) is 0. The van der Waals surface area contributed by atoms with Crippen molar-refractivity contribution in [2.75, 3.05) is 19.6 Å². The molecule has 3 heterocycles. The molecule has 2 saturated heterocycles. The number of aromatic nitrogens is 2. The van der Waals surface area contributed by atoms with Gasteiger partial charge >= 0.3 is 0 Å². The molecule has 1 aromatic heterocycles. The number of likely N-dealkylation sites (tertiary alicyclic amines) is 1. The van der Waals surface area contributed by atoms with Gasteiger partial charge in [-0.3, -0.25) is 9.58 Å². The van der Waals surface area contributed by atoms with Crippen molar-refractivity contribution in [3.05, 3.63) is 48.3 Å². The van der Waals surface area contributed by atoms with E-state index in [1.54, 1.807) is 15.2 Å². The summed E-state index contributed by atoms with van der Waals surface area (Å²) in [5.74, 6) is 0. The van der Waals surface area contributed by atoms with Gasteiger partial charge in [-0.25, -0.2) is 8.42 Å². The fourth-order valence-corrected chi connectivity index (χ4v) is 6.24. The topological polar surface area (TPSA) is 58.4 Å². The predicted molar refractivity (Wildman–Crippen MR) is 109 cm³/mol. The molecular weight excluding hydrogens is 372 g/mol. The van der Waals surface area contributed by atoms with Crippen LogP contribution in [0, 0.1) is 5.41 Å². The fourth-order valence-electron chi connectivity index (χ4n) is 4.85. The van der Waals surface area contributed by atoms with E-state index in [1.165, 1.54) is 11.8 Å². The zero-order valence-electron chi connectivity index (χ0n) is 17.0. The van der Waals surface area contributed by atoms with Crippen molar-refractivity contribution < 1.29 is 8.42 Å². The Balaban J connectivity index is 1.52. The minimum Gasteiger partial charge on any atom is -0.293 e. The van der Waals surface area contributed by atoms with E-state index in [0.29, 0.717) is 36.6 Å². The molecule has 6 nitrogen and oxygen atoms in total. The van der Waals surface area contributed by atoms with Crippen LogP contribution in [0.2, 0.25) is 0 Å². The van der Waals surface area contributed by atoms with Gasteiger partial charge in [0.1, 0.15) is 4.90 Å². The number of nitrogens with zero attached hydrogens (tertiary/aromatic N) is 4. The maximum absolute atomic E-state index is 13.0. The maximum Gasteiger partial charge on any atom is 0.246 e. The lowest BCUT2D eigenvalue weighted by atomic mass is 9.63. The van der Waals surface area contributed by atoms with Crippen molar-refractivity contribution >= 4 is 10.0 Å². The van der Waals surface area contributed by atoms with Crippen LogP contribution in [0.5, 0.6) is 0 Å². The average Bonchev–Trinajstić information content (AvgIpc) is 3.17. The molecule has 0 bridgehead atoms. The van der Waals surface area contributed by atoms with Gasteiger partial charge in [0.15, 0.2) is 0 Å². The number of aryl methyl sites for hydroxylation is 1. The molecule has 28 heavy (non-hydrogen) atoms. The first kappa shape index (κ1) is 19.6. The highest BCUT2D eigenvalue weighted by Gasteiger charge is 2.55. The Morgan fingerprint density at radius 1 is 1.18 bits per heavy atom. The lowest BCUT2D eigenvalue weighted by molar-refractivity contribution is -0.121. The van der Waals surface area contributed by atoms with Crippen molar-refractivity contribution in [2.45, 2.75) is 57.1 Å². The largest absolute Gasteiger partial charge is 0.293 e. The van der Waals surface area contributed by atoms with Crippen molar-refractivity contribution in [1.29, 1.82) is 0 Å². The Kier molecular flexibility index (Phi) is 5.10. The van der Waals surface area contributed by atoms with Crippen molar-refractivity contribution in [1.82, 2.24) is 19.0 Å². The smallest absolute Gasteiger partial charge is 0.246 e. The summed E-state index contributed by atoms with van der Waals surface area (Å²) >= 11 is 0. The van der Waals surface area contributed by atoms with Crippen LogP contribution in [0.25, 0.3) is 0 Å². The van der Waals surface area contributed by atoms with Gasteiger partial charge in [0.05, 0.1) is 6.20 Å². The van der Waals surface area contributed by atoms with E-state index in [0.717, 1.165) is 19.4 Å². The minimum absolute atomic E-state index is 0.172. The summed E-state index contributed by atoms with van der Waals surface area (Å²) in [6.45, 7) is 9.31. The standard InChI is InChI=1S/C21H30N4O2S/c1-4-23-15-19(14-22-23)28(26,27)24-12-10-21(11-13-24)16-25(17(2)3)20(21)18-8-6-5-7-9-18/h5-9,14-15,17,20H,4,10-13,16H2,1-3H3/t20-/m1/s1. The summed E-state index contributed by atoms with van der Waals surface area (Å²) < 4.78 is 29.4. The monoisotopic (exact) mass is 402 g/mol. The highest BCUT2D eigenvalue weighted by molar-refractivity contribution is 7.89. The van der Waals surface area contributed by atoms with Crippen LogP contribution in [0.15, 0.2) is 47.6 Å². The van der Waals surface area contributed by atoms with Gasteiger partial charge in [0.25, 0.3) is 0 Å². The number of benzene rings is 1. The first-order valence-corrected chi connectivity index (χ1v) is 11.6. The van der Waals surface area contributed by atoms with E-state index in [4.69, 9.17) is 0 Å². The highest BCUT2D eigenvalue weighted by atomic mass is 32.2. The van der Waals surface area contributed by atoms with Gasteiger partial charge in [-0.1, -0.05) is 30.3 Å². The second kappa shape index (κ2) is 7.28. The Morgan fingerprint density at radius 3 is 2.43 bits per heavy atom. The summed E-state index contributed by atoms with van der Waals surface area (Å²) in [5, 5.41) is 4.14. The van der Waals surface area contributed by atoms with Gasteiger partial charge < -0.3 is 0 Å². The van der Waals surface area contributed by atoms with Crippen LogP contribution >= 0.6 is 0 Å². The Hall–Kier alpha value is -1.70. The van der Waals surface area contributed by atoms with Crippen LogP contribution in [0.4, 0.5) is 0 Å². The molecule has 2 aliphatic heterocycles. The quantitative estimate of drug-likeness (QED) is 0.771. The van der Waals surface area contributed by atoms with Gasteiger partial charge in [0, 0.05) is 49.9 Å². The fraction of sp³-hybridized carbons (Fsp3) is 0.571. The Bertz CT molecular complexity index is 915. The second-order valence-electron chi connectivity index (χ2n) is 8.38. The zero-order chi connectivity index (χ0) is 19.9. The van der Waals surface area contributed by atoms with Crippen LogP contribution in [0.3, 0.4) is 0 Å². The number of sulfonamides is 1. The van der Waals surface area contributed by atoms with Crippen LogP contribution < -0.4 is 0 Å². The normalized spacial score (nSPS) is 23.2. The molecule has 1 spiro atoms. The van der Waals surface area contributed by atoms with Crippen molar-refractivity contribution in [2.24, 2.45) is 5.41 Å². The van der Waals surface area contributed by atoms with Gasteiger partial charge in [-0.05, 0) is 39.2 Å². The van der Waals surface area contributed by atoms with Crippen molar-refractivity contribution in [3.63, 3.8) is 0 Å². The second-order valence-corrected chi connectivity index (χ2v) is 10.3. The molecule has 152 valence electrons. The molecule has 0 aliphatic carbocycles. The molecule has 0 saturated carbocycles. The van der Waals surface area contributed by atoms with E-state index >= 15 is 0 Å². The Morgan fingerprint density at radius 2 is 1.86 bits per heavy atom. The molecule has 0 radical (unpaired) electrons. The molecule has 1 atom stereocenters. The first-order valence-electron chi connectivity index (χ1n) is 10.2. The molecule has 0 amide bonds. The maximum atomic E-state index is 13.0. The number of piperidine rings is 1. The lowest BCUT2D eigenvalue weighted by Gasteiger charge is -2.62. The summed E-state index contributed by atoms with van der Waals surface area (Å²) in [6.07, 6.45) is 4.91. The molecule has 2 aromatic rings. The van der Waals surface area contributed by atoms with Crippen molar-refractivity contribution in [3.8, 4) is 0 Å². The zero-order valence-corrected chi connectivity index (χ0v) is 17.8. The summed E-state index contributed by atoms with van der Waals surface area (Å²) in [4.78, 5) is 2.85. The Labute approximate surface area is 168 Å². The molecule has 2 fully saturated rings. The molecule has 2 aliphatic rings. The highest BCUT2D eigenvalue weighted by Crippen LogP contribution is 2.55. The first-order chi connectivity index (χ1) is 13.4. The predicted octanol–water partition coefficient (Wildman–Crippen LogP) is 3.14. The minimum atomic E-state index is -3.46. The SMILES string of the molecule is CCn1cc(S(=O)(=O)N2CCC3(CC2)CN(C(C)C)[C@@H]3c2ccccc2)cn1. The van der Waals surface area contributed by atoms with Gasteiger partial charge in [-0.2, -0.15) is 9.40 Å². The van der Waals surface area contributed by atoms with Gasteiger partial charge in [0.2, 0.25) is 10.0 Å². The molecule has 4 rings (SSSR count). The number of hydrogen-bond acceptors (Lipinski definition) is 4. The lowest BCUT2D eigenvalue weighted by Crippen LogP contribution is -2.64. The number of rotatable bonds is 5. The third-order valence-electron chi connectivity index (χ3n) is 6.48. The van der Waals surface area contributed by atoms with E-state index in [2.05, 4.69) is 54.2 Å². The van der Waals surface area contributed by atoms with Gasteiger partial charge in [-0.15, -0.1) is 0 Å². The average molecular weight is 403 g/mol. The third-order valence-corrected chi connectivity index (χ3v) is 8.33. The summed E-state index contributed by atoms with van der Waals surface area (Å²) in [5.41, 5.74) is 1.52. The van der Waals surface area contributed by atoms with E-state index in [9.17, 15) is 8.42 Å². The molecule has 0 unspecified atom stereocenters. The molecule has 1 aromatic carbocycles. The van der Waals surface area contributed by atoms with Crippen LogP contribution in [-0.4, -0.2) is 53.1 Å². The van der Waals surface area contributed by atoms with E-state index < -0.39 is 10.0 Å². The third kappa shape index (κ3) is 3.19. The van der Waals surface area contributed by atoms with Crippen LogP contribution in [0.1, 0.15) is 45.2 Å². The molecular formula is C21H30N4O2S. The molecule has 0 N–H and O–H groups in total. The van der Waals surface area contributed by atoms with Crippen LogP contribution in [-0.2, 0) is 16.6 Å². The summed E-state index contributed by atoms with van der Waals surface area (Å²) in [6, 6.07) is 11.5. The van der Waals surface area contributed by atoms with E-state index in [1.807, 2.05) is 6.92 Å². The van der Waals surface area contributed by atoms with E-state index in [-0.39, 0.29) is 5.41 Å². The summed E-state index contributed by atoms with van der Waals surface area (Å²) in [7, 11) is -3.46. The molecule has 7 heteroatoms.